The van der Waals surface area contributed by atoms with Crippen LogP contribution in [0.2, 0.25) is 0 Å². The van der Waals surface area contributed by atoms with Gasteiger partial charge in [-0.1, -0.05) is 26.0 Å². The van der Waals surface area contributed by atoms with E-state index in [4.69, 9.17) is 9.47 Å². The topological polar surface area (TPSA) is 61.8 Å². The van der Waals surface area contributed by atoms with E-state index in [-0.39, 0.29) is 12.0 Å². The van der Waals surface area contributed by atoms with E-state index in [1.807, 2.05) is 13.8 Å². The van der Waals surface area contributed by atoms with Gasteiger partial charge in [-0.3, -0.25) is 0 Å². The van der Waals surface area contributed by atoms with Gasteiger partial charge in [-0.05, 0) is 23.6 Å². The molecule has 0 spiro atoms. The predicted molar refractivity (Wildman–Crippen MR) is 90.4 cm³/mol. The van der Waals surface area contributed by atoms with Crippen molar-refractivity contribution in [1.82, 2.24) is 0 Å². The average Bonchev–Trinajstić information content (AvgIpc) is 2.53. The predicted octanol–water partition coefficient (Wildman–Crippen LogP) is 4.74. The molecule has 0 aliphatic carbocycles. The van der Waals surface area contributed by atoms with Crippen molar-refractivity contribution in [2.75, 3.05) is 0 Å². The standard InChI is InChI=1S/C15H13F3O5S.C2H6/c1-14(2)21-8-10-6-11-9(7-13(10)22-14)4-3-5-12(11)23-24(19,20)15(16,17)18;1-2/h3-7H,8H2,1-2H3;1-2H3. The molecule has 0 bridgehead atoms. The molecule has 0 fully saturated rings. The molecule has 0 saturated heterocycles. The first-order valence-electron chi connectivity index (χ1n) is 7.88. The van der Waals surface area contributed by atoms with Gasteiger partial charge in [0.15, 0.2) is 5.75 Å². The van der Waals surface area contributed by atoms with Crippen LogP contribution in [0.4, 0.5) is 13.2 Å². The van der Waals surface area contributed by atoms with Gasteiger partial charge in [0.2, 0.25) is 5.79 Å². The third-order valence-corrected chi connectivity index (χ3v) is 4.40. The number of hydrogen-bond donors (Lipinski definition) is 0. The minimum Gasteiger partial charge on any atom is -0.463 e. The zero-order valence-corrected chi connectivity index (χ0v) is 15.5. The molecule has 0 atom stereocenters. The lowest BCUT2D eigenvalue weighted by Crippen LogP contribution is -2.35. The second kappa shape index (κ2) is 6.96. The van der Waals surface area contributed by atoms with Crippen molar-refractivity contribution >= 4 is 20.9 Å². The Morgan fingerprint density at radius 2 is 1.81 bits per heavy atom. The third kappa shape index (κ3) is 4.04. The summed E-state index contributed by atoms with van der Waals surface area (Å²) in [7, 11) is -5.74. The van der Waals surface area contributed by atoms with Gasteiger partial charge in [-0.25, -0.2) is 0 Å². The molecule has 1 aliphatic heterocycles. The van der Waals surface area contributed by atoms with Crippen molar-refractivity contribution in [3.63, 3.8) is 0 Å². The van der Waals surface area contributed by atoms with E-state index in [2.05, 4.69) is 4.18 Å². The van der Waals surface area contributed by atoms with Gasteiger partial charge in [0.1, 0.15) is 5.75 Å². The normalized spacial score (nSPS) is 16.1. The van der Waals surface area contributed by atoms with Gasteiger partial charge in [0, 0.05) is 24.8 Å². The second-order valence-corrected chi connectivity index (χ2v) is 7.25. The maximum Gasteiger partial charge on any atom is 0.534 e. The van der Waals surface area contributed by atoms with Crippen LogP contribution in [0.15, 0.2) is 30.3 Å². The summed E-state index contributed by atoms with van der Waals surface area (Å²) in [5.74, 6) is -0.707. The second-order valence-electron chi connectivity index (χ2n) is 5.71. The molecule has 2 aromatic rings. The zero-order chi connectivity index (χ0) is 19.8. The molecule has 2 aromatic carbocycles. The number of halogens is 3. The maximum absolute atomic E-state index is 12.5. The molecule has 0 amide bonds. The highest BCUT2D eigenvalue weighted by Crippen LogP contribution is 2.38. The van der Waals surface area contributed by atoms with Crippen LogP contribution in [0.25, 0.3) is 10.8 Å². The average molecular weight is 392 g/mol. The lowest BCUT2D eigenvalue weighted by atomic mass is 10.0. The van der Waals surface area contributed by atoms with E-state index in [0.29, 0.717) is 16.7 Å². The Hall–Kier alpha value is -2.00. The first-order valence-corrected chi connectivity index (χ1v) is 9.29. The number of hydrogen-bond acceptors (Lipinski definition) is 5. The van der Waals surface area contributed by atoms with E-state index >= 15 is 0 Å². The summed E-state index contributed by atoms with van der Waals surface area (Å²) in [6, 6.07) is 7.30. The summed E-state index contributed by atoms with van der Waals surface area (Å²) in [6.45, 7) is 7.64. The van der Waals surface area contributed by atoms with Gasteiger partial charge < -0.3 is 13.7 Å². The van der Waals surface area contributed by atoms with Crippen molar-refractivity contribution in [2.24, 2.45) is 0 Å². The summed E-state index contributed by atoms with van der Waals surface area (Å²) in [5, 5.41) is 0.706. The Bertz CT molecular complexity index is 904. The molecule has 9 heteroatoms. The van der Waals surface area contributed by atoms with Gasteiger partial charge in [0.05, 0.1) is 6.61 Å². The Morgan fingerprint density at radius 3 is 2.42 bits per heavy atom. The molecular weight excluding hydrogens is 373 g/mol. The first-order chi connectivity index (χ1) is 12.0. The molecule has 26 heavy (non-hydrogen) atoms. The Labute approximate surface area is 149 Å². The SMILES string of the molecule is CC.CC1(C)OCc2cc3c(OS(=O)(=O)C(F)(F)F)cccc3cc2O1. The van der Waals surface area contributed by atoms with E-state index in [1.165, 1.54) is 12.1 Å². The molecule has 0 radical (unpaired) electrons. The lowest BCUT2D eigenvalue weighted by Gasteiger charge is -2.32. The van der Waals surface area contributed by atoms with Crippen LogP contribution in [-0.2, 0) is 21.5 Å². The van der Waals surface area contributed by atoms with Crippen molar-refractivity contribution in [3.8, 4) is 11.5 Å². The highest BCUT2D eigenvalue weighted by atomic mass is 32.2. The third-order valence-electron chi connectivity index (χ3n) is 3.44. The van der Waals surface area contributed by atoms with E-state index in [0.717, 1.165) is 6.07 Å². The monoisotopic (exact) mass is 392 g/mol. The van der Waals surface area contributed by atoms with Gasteiger partial charge >= 0.3 is 15.6 Å². The minimum absolute atomic E-state index is 0.179. The van der Waals surface area contributed by atoms with Crippen LogP contribution in [0.3, 0.4) is 0 Å². The van der Waals surface area contributed by atoms with Gasteiger partial charge in [-0.15, -0.1) is 0 Å². The van der Waals surface area contributed by atoms with Crippen molar-refractivity contribution in [1.29, 1.82) is 0 Å². The molecule has 1 aliphatic rings. The molecule has 3 rings (SSSR count). The number of rotatable bonds is 2. The van der Waals surface area contributed by atoms with Crippen LogP contribution in [-0.4, -0.2) is 19.7 Å². The van der Waals surface area contributed by atoms with E-state index < -0.39 is 27.2 Å². The number of ether oxygens (including phenoxy) is 2. The largest absolute Gasteiger partial charge is 0.534 e. The van der Waals surface area contributed by atoms with Gasteiger partial charge in [-0.2, -0.15) is 21.6 Å². The fourth-order valence-electron chi connectivity index (χ4n) is 2.31. The van der Waals surface area contributed by atoms with Gasteiger partial charge in [0.25, 0.3) is 0 Å². The highest BCUT2D eigenvalue weighted by molar-refractivity contribution is 7.88. The Morgan fingerprint density at radius 1 is 1.15 bits per heavy atom. The van der Waals surface area contributed by atoms with Crippen LogP contribution in [0, 0.1) is 0 Å². The lowest BCUT2D eigenvalue weighted by molar-refractivity contribution is -0.179. The summed E-state index contributed by atoms with van der Waals surface area (Å²) >= 11 is 0. The maximum atomic E-state index is 12.5. The van der Waals surface area contributed by atoms with Crippen LogP contribution in [0.5, 0.6) is 11.5 Å². The smallest absolute Gasteiger partial charge is 0.463 e. The highest BCUT2D eigenvalue weighted by Gasteiger charge is 2.48. The Kier molecular flexibility index (Phi) is 5.44. The zero-order valence-electron chi connectivity index (χ0n) is 14.7. The van der Waals surface area contributed by atoms with Crippen LogP contribution in [0.1, 0.15) is 33.3 Å². The van der Waals surface area contributed by atoms with E-state index in [9.17, 15) is 21.6 Å². The van der Waals surface area contributed by atoms with Crippen LogP contribution >= 0.6 is 0 Å². The summed E-state index contributed by atoms with van der Waals surface area (Å²) in [6.07, 6.45) is 0. The quantitative estimate of drug-likeness (QED) is 0.546. The molecule has 144 valence electrons. The van der Waals surface area contributed by atoms with Crippen molar-refractivity contribution in [2.45, 2.75) is 45.6 Å². The Balaban J connectivity index is 0.00000117. The summed E-state index contributed by atoms with van der Waals surface area (Å²) in [4.78, 5) is 0. The fraction of sp³-hybridized carbons (Fsp3) is 0.412. The molecule has 0 unspecified atom stereocenters. The van der Waals surface area contributed by atoms with E-state index in [1.54, 1.807) is 26.0 Å². The molecule has 0 aromatic heterocycles. The molecule has 1 heterocycles. The first kappa shape index (κ1) is 20.3. The van der Waals surface area contributed by atoms with Crippen LogP contribution < -0.4 is 8.92 Å². The number of alkyl halides is 3. The fourth-order valence-corrected chi connectivity index (χ4v) is 2.79. The molecular formula is C17H19F3O5S. The summed E-state index contributed by atoms with van der Waals surface area (Å²) in [5.41, 5.74) is -4.91. The van der Waals surface area contributed by atoms with Crippen molar-refractivity contribution < 1.29 is 35.2 Å². The summed E-state index contributed by atoms with van der Waals surface area (Å²) < 4.78 is 75.5. The van der Waals surface area contributed by atoms with Crippen molar-refractivity contribution in [3.05, 3.63) is 35.9 Å². The number of fused-ring (bicyclic) bond motifs is 2. The number of benzene rings is 2. The minimum atomic E-state index is -5.74. The molecule has 5 nitrogen and oxygen atoms in total. The molecule has 0 saturated carbocycles. The molecule has 0 N–H and O–H groups in total.